The summed E-state index contributed by atoms with van der Waals surface area (Å²) >= 11 is 0. The van der Waals surface area contributed by atoms with Crippen LogP contribution in [0.5, 0.6) is 0 Å². The van der Waals surface area contributed by atoms with E-state index in [0.717, 1.165) is 12.8 Å². The summed E-state index contributed by atoms with van der Waals surface area (Å²) in [6, 6.07) is 6.08. The largest absolute Gasteiger partial charge is 0.462 e. The van der Waals surface area contributed by atoms with Gasteiger partial charge in [0.15, 0.2) is 0 Å². The first-order valence-electron chi connectivity index (χ1n) is 7.53. The van der Waals surface area contributed by atoms with E-state index in [1.165, 1.54) is 0 Å². The molecule has 7 heteroatoms. The van der Waals surface area contributed by atoms with Crippen molar-refractivity contribution in [2.75, 3.05) is 25.1 Å². The van der Waals surface area contributed by atoms with Crippen LogP contribution < -0.4 is 11.1 Å². The molecule has 1 aromatic carbocycles. The summed E-state index contributed by atoms with van der Waals surface area (Å²) in [7, 11) is 0. The van der Waals surface area contributed by atoms with Gasteiger partial charge in [0, 0.05) is 18.9 Å². The second-order valence-electron chi connectivity index (χ2n) is 5.27. The van der Waals surface area contributed by atoms with Crippen LogP contribution in [-0.4, -0.2) is 37.7 Å². The van der Waals surface area contributed by atoms with Crippen molar-refractivity contribution in [3.05, 3.63) is 29.8 Å². The van der Waals surface area contributed by atoms with Gasteiger partial charge in [-0.1, -0.05) is 6.07 Å². The molecule has 0 spiro atoms. The Kier molecular flexibility index (Phi) is 8.02. The van der Waals surface area contributed by atoms with E-state index in [0.29, 0.717) is 31.1 Å². The number of rotatable bonds is 5. The summed E-state index contributed by atoms with van der Waals surface area (Å²) in [5.41, 5.74) is 6.97. The zero-order valence-corrected chi connectivity index (χ0v) is 13.9. The van der Waals surface area contributed by atoms with Gasteiger partial charge in [-0.3, -0.25) is 4.79 Å². The van der Waals surface area contributed by atoms with Gasteiger partial charge in [-0.15, -0.1) is 12.4 Å². The van der Waals surface area contributed by atoms with Crippen LogP contribution in [0.3, 0.4) is 0 Å². The molecule has 1 aromatic rings. The van der Waals surface area contributed by atoms with Gasteiger partial charge in [-0.2, -0.15) is 0 Å². The molecule has 0 bridgehead atoms. The number of carbonyl (C=O) groups excluding carboxylic acids is 2. The zero-order valence-electron chi connectivity index (χ0n) is 13.1. The Hall–Kier alpha value is -1.63. The quantitative estimate of drug-likeness (QED) is 0.798. The molecule has 3 N–H and O–H groups in total. The fourth-order valence-corrected chi connectivity index (χ4v) is 2.45. The van der Waals surface area contributed by atoms with Gasteiger partial charge in [0.1, 0.15) is 0 Å². The SMILES string of the molecule is CCOC(=O)c1cccc(NC(=O)C(N)C2CCOCC2)c1.Cl. The van der Waals surface area contributed by atoms with Crippen LogP contribution in [0.4, 0.5) is 5.69 Å². The fourth-order valence-electron chi connectivity index (χ4n) is 2.45. The first-order chi connectivity index (χ1) is 10.6. The van der Waals surface area contributed by atoms with E-state index in [2.05, 4.69) is 5.32 Å². The predicted octanol–water partition coefficient (Wildman–Crippen LogP) is 1.98. The molecular weight excluding hydrogens is 320 g/mol. The Morgan fingerprint density at radius 3 is 2.74 bits per heavy atom. The maximum absolute atomic E-state index is 12.2. The van der Waals surface area contributed by atoms with E-state index in [9.17, 15) is 9.59 Å². The molecule has 128 valence electrons. The Morgan fingerprint density at radius 2 is 2.09 bits per heavy atom. The van der Waals surface area contributed by atoms with Crippen LogP contribution in [0.25, 0.3) is 0 Å². The standard InChI is InChI=1S/C16H22N2O4.ClH/c1-2-22-16(20)12-4-3-5-13(10-12)18-15(19)14(17)11-6-8-21-9-7-11;/h3-5,10-11,14H,2,6-9,17H2,1H3,(H,18,19);1H. The molecular formula is C16H23ClN2O4. The van der Waals surface area contributed by atoms with Crippen molar-refractivity contribution < 1.29 is 19.1 Å². The van der Waals surface area contributed by atoms with Gasteiger partial charge in [0.05, 0.1) is 18.2 Å². The van der Waals surface area contributed by atoms with Crippen molar-refractivity contribution in [2.24, 2.45) is 11.7 Å². The van der Waals surface area contributed by atoms with Crippen LogP contribution in [0.1, 0.15) is 30.1 Å². The number of nitrogens with one attached hydrogen (secondary N) is 1. The van der Waals surface area contributed by atoms with Crippen LogP contribution in [0.15, 0.2) is 24.3 Å². The van der Waals surface area contributed by atoms with Crippen molar-refractivity contribution in [1.29, 1.82) is 0 Å². The molecule has 2 rings (SSSR count). The van der Waals surface area contributed by atoms with Gasteiger partial charge in [0.2, 0.25) is 5.91 Å². The maximum atomic E-state index is 12.2. The highest BCUT2D eigenvalue weighted by atomic mass is 35.5. The second kappa shape index (κ2) is 9.50. The molecule has 1 atom stereocenters. The molecule has 1 aliphatic heterocycles. The number of benzene rings is 1. The third kappa shape index (κ3) is 5.49. The molecule has 23 heavy (non-hydrogen) atoms. The van der Waals surface area contributed by atoms with E-state index in [-0.39, 0.29) is 24.2 Å². The highest BCUT2D eigenvalue weighted by molar-refractivity contribution is 5.97. The summed E-state index contributed by atoms with van der Waals surface area (Å²) in [4.78, 5) is 23.9. The number of hydrogen-bond donors (Lipinski definition) is 2. The van der Waals surface area contributed by atoms with Crippen molar-refractivity contribution >= 4 is 30.0 Å². The highest BCUT2D eigenvalue weighted by Gasteiger charge is 2.26. The molecule has 1 unspecified atom stereocenters. The molecule has 1 fully saturated rings. The maximum Gasteiger partial charge on any atom is 0.338 e. The van der Waals surface area contributed by atoms with E-state index in [1.54, 1.807) is 31.2 Å². The fraction of sp³-hybridized carbons (Fsp3) is 0.500. The van der Waals surface area contributed by atoms with Crippen LogP contribution in [-0.2, 0) is 14.3 Å². The monoisotopic (exact) mass is 342 g/mol. The Labute approximate surface area is 142 Å². The van der Waals surface area contributed by atoms with Crippen molar-refractivity contribution in [2.45, 2.75) is 25.8 Å². The first-order valence-corrected chi connectivity index (χ1v) is 7.53. The predicted molar refractivity (Wildman–Crippen MR) is 89.8 cm³/mol. The van der Waals surface area contributed by atoms with E-state index >= 15 is 0 Å². The molecule has 1 aliphatic rings. The van der Waals surface area contributed by atoms with E-state index < -0.39 is 12.0 Å². The van der Waals surface area contributed by atoms with Crippen LogP contribution >= 0.6 is 12.4 Å². The van der Waals surface area contributed by atoms with Gasteiger partial charge >= 0.3 is 5.97 Å². The molecule has 0 aromatic heterocycles. The van der Waals surface area contributed by atoms with Gasteiger partial charge in [-0.05, 0) is 43.9 Å². The van der Waals surface area contributed by atoms with E-state index in [4.69, 9.17) is 15.2 Å². The van der Waals surface area contributed by atoms with Crippen LogP contribution in [0.2, 0.25) is 0 Å². The number of nitrogens with two attached hydrogens (primary N) is 1. The van der Waals surface area contributed by atoms with Crippen molar-refractivity contribution in [1.82, 2.24) is 0 Å². The Morgan fingerprint density at radius 1 is 1.39 bits per heavy atom. The summed E-state index contributed by atoms with van der Waals surface area (Å²) in [5.74, 6) is -0.526. The van der Waals surface area contributed by atoms with Crippen LogP contribution in [0, 0.1) is 5.92 Å². The van der Waals surface area contributed by atoms with Gasteiger partial charge in [-0.25, -0.2) is 4.79 Å². The average Bonchev–Trinajstić information content (AvgIpc) is 2.55. The number of anilines is 1. The van der Waals surface area contributed by atoms with Gasteiger partial charge < -0.3 is 20.5 Å². The lowest BCUT2D eigenvalue weighted by molar-refractivity contribution is -0.119. The van der Waals surface area contributed by atoms with E-state index in [1.807, 2.05) is 0 Å². The third-order valence-corrected chi connectivity index (χ3v) is 3.72. The normalized spacial score (nSPS) is 16.1. The smallest absolute Gasteiger partial charge is 0.338 e. The lowest BCUT2D eigenvalue weighted by Crippen LogP contribution is -2.44. The lowest BCUT2D eigenvalue weighted by atomic mass is 9.92. The molecule has 1 amide bonds. The molecule has 1 heterocycles. The van der Waals surface area contributed by atoms with Crippen molar-refractivity contribution in [3.8, 4) is 0 Å². The third-order valence-electron chi connectivity index (χ3n) is 3.72. The number of halogens is 1. The molecule has 1 saturated heterocycles. The summed E-state index contributed by atoms with van der Waals surface area (Å²) in [6.07, 6.45) is 1.58. The Bertz CT molecular complexity index is 533. The number of carbonyl (C=O) groups is 2. The summed E-state index contributed by atoms with van der Waals surface area (Å²) in [5, 5.41) is 2.76. The van der Waals surface area contributed by atoms with Crippen molar-refractivity contribution in [3.63, 3.8) is 0 Å². The number of esters is 1. The Balaban J connectivity index is 0.00000264. The average molecular weight is 343 g/mol. The minimum Gasteiger partial charge on any atom is -0.462 e. The number of amides is 1. The van der Waals surface area contributed by atoms with Gasteiger partial charge in [0.25, 0.3) is 0 Å². The molecule has 0 radical (unpaired) electrons. The first kappa shape index (κ1) is 19.4. The second-order valence-corrected chi connectivity index (χ2v) is 5.27. The number of hydrogen-bond acceptors (Lipinski definition) is 5. The number of ether oxygens (including phenoxy) is 2. The lowest BCUT2D eigenvalue weighted by Gasteiger charge is -2.26. The molecule has 0 saturated carbocycles. The molecule has 0 aliphatic carbocycles. The summed E-state index contributed by atoms with van der Waals surface area (Å²) in [6.45, 7) is 3.34. The highest BCUT2D eigenvalue weighted by Crippen LogP contribution is 2.19. The summed E-state index contributed by atoms with van der Waals surface area (Å²) < 4.78 is 10.2. The minimum absolute atomic E-state index is 0. The zero-order chi connectivity index (χ0) is 15.9. The molecule has 6 nitrogen and oxygen atoms in total. The minimum atomic E-state index is -0.574. The topological polar surface area (TPSA) is 90.7 Å².